The standard InChI is InChI=1S/C17H22N2O/c1-13(2)19-9-7-15-5-6-16(10-17(15)19)20-12-14-4-3-8-18-11-14/h3-6,8,10,13,18H,7,9,11-12H2,1-2H3. The van der Waals surface area contributed by atoms with Gasteiger partial charge in [0.1, 0.15) is 12.4 Å². The summed E-state index contributed by atoms with van der Waals surface area (Å²) < 4.78 is 5.93. The quantitative estimate of drug-likeness (QED) is 0.910. The fourth-order valence-corrected chi connectivity index (χ4v) is 2.79. The topological polar surface area (TPSA) is 24.5 Å². The molecule has 2 aliphatic rings. The number of ether oxygens (including phenoxy) is 1. The van der Waals surface area contributed by atoms with Crippen molar-refractivity contribution < 1.29 is 4.74 Å². The van der Waals surface area contributed by atoms with Crippen LogP contribution >= 0.6 is 0 Å². The summed E-state index contributed by atoms with van der Waals surface area (Å²) in [5.74, 6) is 0.965. The Labute approximate surface area is 120 Å². The maximum atomic E-state index is 5.93. The highest BCUT2D eigenvalue weighted by Crippen LogP contribution is 2.33. The predicted octanol–water partition coefficient (Wildman–Crippen LogP) is 2.88. The third-order valence-corrected chi connectivity index (χ3v) is 3.91. The van der Waals surface area contributed by atoms with Gasteiger partial charge in [-0.15, -0.1) is 0 Å². The van der Waals surface area contributed by atoms with Gasteiger partial charge in [-0.1, -0.05) is 12.1 Å². The smallest absolute Gasteiger partial charge is 0.121 e. The van der Waals surface area contributed by atoms with E-state index in [1.807, 2.05) is 12.3 Å². The molecule has 1 aromatic rings. The molecule has 1 aromatic carbocycles. The Bertz CT molecular complexity index is 546. The summed E-state index contributed by atoms with van der Waals surface area (Å²) >= 11 is 0. The zero-order valence-corrected chi connectivity index (χ0v) is 12.2. The number of anilines is 1. The molecular formula is C17H22N2O. The van der Waals surface area contributed by atoms with Crippen molar-refractivity contribution in [3.05, 3.63) is 47.7 Å². The number of hydrogen-bond acceptors (Lipinski definition) is 3. The van der Waals surface area contributed by atoms with E-state index in [2.05, 4.69) is 48.3 Å². The number of fused-ring (bicyclic) bond motifs is 1. The summed E-state index contributed by atoms with van der Waals surface area (Å²) in [4.78, 5) is 2.45. The zero-order chi connectivity index (χ0) is 13.9. The van der Waals surface area contributed by atoms with Crippen molar-refractivity contribution in [3.8, 4) is 5.75 Å². The van der Waals surface area contributed by atoms with Crippen LogP contribution in [0.4, 0.5) is 5.69 Å². The molecule has 0 saturated carbocycles. The van der Waals surface area contributed by atoms with Crippen molar-refractivity contribution >= 4 is 5.69 Å². The normalized spacial score (nSPS) is 16.9. The predicted molar refractivity (Wildman–Crippen MR) is 83.3 cm³/mol. The van der Waals surface area contributed by atoms with Gasteiger partial charge in [-0.05, 0) is 49.7 Å². The maximum Gasteiger partial charge on any atom is 0.121 e. The summed E-state index contributed by atoms with van der Waals surface area (Å²) in [6.45, 7) is 7.13. The van der Waals surface area contributed by atoms with Crippen molar-refractivity contribution in [2.45, 2.75) is 26.3 Å². The Morgan fingerprint density at radius 2 is 2.25 bits per heavy atom. The van der Waals surface area contributed by atoms with Crippen LogP contribution in [-0.2, 0) is 6.42 Å². The Kier molecular flexibility index (Phi) is 3.68. The molecule has 1 N–H and O–H groups in total. The van der Waals surface area contributed by atoms with Crippen LogP contribution in [0.15, 0.2) is 42.1 Å². The molecule has 0 fully saturated rings. The number of allylic oxidation sites excluding steroid dienone is 2. The number of rotatable bonds is 4. The number of dihydropyridines is 1. The van der Waals surface area contributed by atoms with Crippen LogP contribution in [-0.4, -0.2) is 25.7 Å². The molecule has 3 nitrogen and oxygen atoms in total. The first-order chi connectivity index (χ1) is 9.74. The van der Waals surface area contributed by atoms with E-state index in [4.69, 9.17) is 4.74 Å². The number of hydrogen-bond donors (Lipinski definition) is 1. The molecule has 0 spiro atoms. The van der Waals surface area contributed by atoms with E-state index >= 15 is 0 Å². The average Bonchev–Trinajstić information content (AvgIpc) is 2.89. The van der Waals surface area contributed by atoms with Crippen LogP contribution in [0.2, 0.25) is 0 Å². The maximum absolute atomic E-state index is 5.93. The second kappa shape index (κ2) is 5.61. The molecule has 0 bridgehead atoms. The van der Waals surface area contributed by atoms with Gasteiger partial charge in [0.15, 0.2) is 0 Å². The van der Waals surface area contributed by atoms with Gasteiger partial charge in [-0.3, -0.25) is 0 Å². The van der Waals surface area contributed by atoms with Gasteiger partial charge in [0.25, 0.3) is 0 Å². The average molecular weight is 270 g/mol. The molecule has 0 atom stereocenters. The van der Waals surface area contributed by atoms with E-state index in [-0.39, 0.29) is 0 Å². The first-order valence-electron chi connectivity index (χ1n) is 7.34. The van der Waals surface area contributed by atoms with E-state index in [0.29, 0.717) is 12.6 Å². The SMILES string of the molecule is CC(C)N1CCc2ccc(OCC3=CC=CNC3)cc21. The van der Waals surface area contributed by atoms with E-state index in [1.54, 1.807) is 0 Å². The van der Waals surface area contributed by atoms with Crippen molar-refractivity contribution in [2.75, 3.05) is 24.6 Å². The van der Waals surface area contributed by atoms with Crippen molar-refractivity contribution in [2.24, 2.45) is 0 Å². The van der Waals surface area contributed by atoms with Crippen LogP contribution in [0.1, 0.15) is 19.4 Å². The Hall–Kier alpha value is -1.90. The lowest BCUT2D eigenvalue weighted by atomic mass is 10.1. The van der Waals surface area contributed by atoms with E-state index in [1.165, 1.54) is 16.8 Å². The first kappa shape index (κ1) is 13.1. The highest BCUT2D eigenvalue weighted by Gasteiger charge is 2.21. The van der Waals surface area contributed by atoms with Crippen LogP contribution in [0.3, 0.4) is 0 Å². The minimum Gasteiger partial charge on any atom is -0.489 e. The van der Waals surface area contributed by atoms with Crippen LogP contribution < -0.4 is 15.0 Å². The molecule has 3 heteroatoms. The Morgan fingerprint density at radius 1 is 1.35 bits per heavy atom. The second-order valence-corrected chi connectivity index (χ2v) is 5.68. The summed E-state index contributed by atoms with van der Waals surface area (Å²) in [7, 11) is 0. The van der Waals surface area contributed by atoms with Crippen molar-refractivity contribution in [1.82, 2.24) is 5.32 Å². The van der Waals surface area contributed by atoms with Crippen LogP contribution in [0.25, 0.3) is 0 Å². The molecule has 0 saturated heterocycles. The summed E-state index contributed by atoms with van der Waals surface area (Å²) in [6, 6.07) is 7.03. The number of benzene rings is 1. The molecule has 20 heavy (non-hydrogen) atoms. The van der Waals surface area contributed by atoms with E-state index in [9.17, 15) is 0 Å². The molecule has 2 heterocycles. The molecular weight excluding hydrogens is 248 g/mol. The lowest BCUT2D eigenvalue weighted by molar-refractivity contribution is 0.348. The van der Waals surface area contributed by atoms with Gasteiger partial charge in [-0.25, -0.2) is 0 Å². The monoisotopic (exact) mass is 270 g/mol. The van der Waals surface area contributed by atoms with E-state index in [0.717, 1.165) is 25.3 Å². The highest BCUT2D eigenvalue weighted by molar-refractivity contribution is 5.61. The van der Waals surface area contributed by atoms with Gasteiger partial charge in [0.2, 0.25) is 0 Å². The van der Waals surface area contributed by atoms with Gasteiger partial charge in [-0.2, -0.15) is 0 Å². The lowest BCUT2D eigenvalue weighted by Gasteiger charge is -2.24. The third kappa shape index (κ3) is 2.67. The fourth-order valence-electron chi connectivity index (χ4n) is 2.79. The molecule has 0 aromatic heterocycles. The van der Waals surface area contributed by atoms with Crippen LogP contribution in [0, 0.1) is 0 Å². The summed E-state index contributed by atoms with van der Waals surface area (Å²) in [6.07, 6.45) is 7.24. The van der Waals surface area contributed by atoms with Crippen molar-refractivity contribution in [3.63, 3.8) is 0 Å². The number of nitrogens with zero attached hydrogens (tertiary/aromatic N) is 1. The molecule has 0 radical (unpaired) electrons. The minimum absolute atomic E-state index is 0.543. The zero-order valence-electron chi connectivity index (χ0n) is 12.2. The largest absolute Gasteiger partial charge is 0.489 e. The second-order valence-electron chi connectivity index (χ2n) is 5.68. The van der Waals surface area contributed by atoms with Crippen LogP contribution in [0.5, 0.6) is 5.75 Å². The molecule has 3 rings (SSSR count). The fraction of sp³-hybridized carbons (Fsp3) is 0.412. The third-order valence-electron chi connectivity index (χ3n) is 3.91. The number of nitrogens with one attached hydrogen (secondary N) is 1. The molecule has 0 amide bonds. The molecule has 0 unspecified atom stereocenters. The molecule has 0 aliphatic carbocycles. The Balaban J connectivity index is 1.70. The first-order valence-corrected chi connectivity index (χ1v) is 7.34. The minimum atomic E-state index is 0.543. The van der Waals surface area contributed by atoms with Crippen molar-refractivity contribution in [1.29, 1.82) is 0 Å². The highest BCUT2D eigenvalue weighted by atomic mass is 16.5. The molecule has 2 aliphatic heterocycles. The van der Waals surface area contributed by atoms with E-state index < -0.39 is 0 Å². The summed E-state index contributed by atoms with van der Waals surface area (Å²) in [5, 5.41) is 3.20. The van der Waals surface area contributed by atoms with Gasteiger partial charge in [0, 0.05) is 30.9 Å². The van der Waals surface area contributed by atoms with Gasteiger partial charge >= 0.3 is 0 Å². The lowest BCUT2D eigenvalue weighted by Crippen LogP contribution is -2.28. The molecule has 106 valence electrons. The summed E-state index contributed by atoms with van der Waals surface area (Å²) in [5.41, 5.74) is 4.05. The Morgan fingerprint density at radius 3 is 3.00 bits per heavy atom. The van der Waals surface area contributed by atoms with Gasteiger partial charge in [0.05, 0.1) is 0 Å². The van der Waals surface area contributed by atoms with Gasteiger partial charge < -0.3 is 15.0 Å².